The van der Waals surface area contributed by atoms with Crippen molar-refractivity contribution in [3.63, 3.8) is 0 Å². The summed E-state index contributed by atoms with van der Waals surface area (Å²) in [6.07, 6.45) is 0. The Kier molecular flexibility index (Phi) is 3.13. The van der Waals surface area contributed by atoms with Crippen molar-refractivity contribution in [1.82, 2.24) is 15.0 Å². The van der Waals surface area contributed by atoms with Gasteiger partial charge in [-0.25, -0.2) is 4.98 Å². The maximum absolute atomic E-state index is 12.2. The first-order valence-electron chi connectivity index (χ1n) is 6.87. The monoisotopic (exact) mass is 322 g/mol. The quantitative estimate of drug-likeness (QED) is 0.592. The van der Waals surface area contributed by atoms with E-state index in [1.165, 1.54) is 11.3 Å². The van der Waals surface area contributed by atoms with Crippen molar-refractivity contribution in [1.29, 1.82) is 0 Å². The van der Waals surface area contributed by atoms with Gasteiger partial charge >= 0.3 is 0 Å². The van der Waals surface area contributed by atoms with Crippen LogP contribution in [0.15, 0.2) is 58.1 Å². The maximum atomic E-state index is 12.2. The normalized spacial score (nSPS) is 11.0. The maximum Gasteiger partial charge on any atom is 0.281 e. The van der Waals surface area contributed by atoms with Gasteiger partial charge in [0.1, 0.15) is 0 Å². The Hall–Kier alpha value is -3.06. The number of nitrogens with zero attached hydrogens (tertiary/aromatic N) is 2. The molecule has 0 atom stereocenters. The lowest BCUT2D eigenvalue weighted by Crippen LogP contribution is -2.06. The van der Waals surface area contributed by atoms with Gasteiger partial charge in [-0.3, -0.25) is 14.6 Å². The Balaban J connectivity index is 1.86. The number of aromatic amines is 1. The summed E-state index contributed by atoms with van der Waals surface area (Å²) in [7, 11) is 0. The molecular formula is C16H10N4O2S. The molecule has 7 heteroatoms. The molecule has 4 aromatic rings. The molecule has 0 aliphatic carbocycles. The van der Waals surface area contributed by atoms with E-state index >= 15 is 0 Å². The molecule has 4 rings (SSSR count). The van der Waals surface area contributed by atoms with Crippen molar-refractivity contribution < 1.29 is 0 Å². The van der Waals surface area contributed by atoms with Crippen molar-refractivity contribution in [3.05, 3.63) is 69.2 Å². The van der Waals surface area contributed by atoms with Gasteiger partial charge in [-0.2, -0.15) is 4.98 Å². The first-order chi connectivity index (χ1) is 11.2. The van der Waals surface area contributed by atoms with E-state index in [9.17, 15) is 9.59 Å². The molecule has 112 valence electrons. The van der Waals surface area contributed by atoms with Crippen molar-refractivity contribution in [2.24, 2.45) is 0 Å². The van der Waals surface area contributed by atoms with Crippen LogP contribution in [0.2, 0.25) is 0 Å². The third-order valence-electron chi connectivity index (χ3n) is 3.37. The molecule has 2 heterocycles. The van der Waals surface area contributed by atoms with E-state index in [1.54, 1.807) is 24.3 Å². The summed E-state index contributed by atoms with van der Waals surface area (Å²) in [5.74, 6) is 0.0789. The summed E-state index contributed by atoms with van der Waals surface area (Å²) < 4.78 is 1.00. The molecule has 0 unspecified atom stereocenters. The van der Waals surface area contributed by atoms with Gasteiger partial charge in [0.2, 0.25) is 5.95 Å². The number of rotatable bonds is 2. The highest BCUT2D eigenvalue weighted by atomic mass is 32.1. The third kappa shape index (κ3) is 2.47. The van der Waals surface area contributed by atoms with Crippen molar-refractivity contribution in [2.45, 2.75) is 0 Å². The number of hydrogen-bond donors (Lipinski definition) is 2. The molecule has 0 aliphatic heterocycles. The Morgan fingerprint density at radius 2 is 1.65 bits per heavy atom. The fraction of sp³-hybridized carbons (Fsp3) is 0. The van der Waals surface area contributed by atoms with Gasteiger partial charge in [-0.1, -0.05) is 35.6 Å². The number of hydrogen-bond acceptors (Lipinski definition) is 6. The van der Waals surface area contributed by atoms with E-state index in [0.29, 0.717) is 10.5 Å². The molecule has 2 N–H and O–H groups in total. The van der Waals surface area contributed by atoms with Crippen molar-refractivity contribution >= 4 is 43.4 Å². The highest BCUT2D eigenvalue weighted by Crippen LogP contribution is 2.26. The van der Waals surface area contributed by atoms with Gasteiger partial charge in [0.25, 0.3) is 11.1 Å². The van der Waals surface area contributed by atoms with Crippen molar-refractivity contribution in [3.8, 4) is 0 Å². The standard InChI is InChI=1S/C16H10N4O2S/c21-13-9-5-1-2-6-10(9)14(22)19-15(18-13)20-16-17-11-7-3-4-8-12(11)23-16/h1-8H,(H2,17,18,19,20,21,22). The van der Waals surface area contributed by atoms with Crippen LogP contribution in [0.1, 0.15) is 0 Å². The lowest BCUT2D eigenvalue weighted by Gasteiger charge is -1.95. The summed E-state index contributed by atoms with van der Waals surface area (Å²) in [5.41, 5.74) is -0.00321. The summed E-state index contributed by atoms with van der Waals surface area (Å²) in [5, 5.41) is 4.06. The van der Waals surface area contributed by atoms with E-state index in [0.717, 1.165) is 10.2 Å². The molecule has 0 fully saturated rings. The molecule has 0 saturated carbocycles. The Bertz CT molecular complexity index is 1060. The minimum atomic E-state index is -0.470. The Morgan fingerprint density at radius 1 is 0.913 bits per heavy atom. The van der Waals surface area contributed by atoms with Gasteiger partial charge in [0.15, 0.2) is 5.13 Å². The second-order valence-electron chi connectivity index (χ2n) is 4.88. The van der Waals surface area contributed by atoms with E-state index < -0.39 is 5.56 Å². The summed E-state index contributed by atoms with van der Waals surface area (Å²) in [4.78, 5) is 35.3. The number of anilines is 2. The topological polar surface area (TPSA) is 87.7 Å². The zero-order chi connectivity index (χ0) is 15.8. The van der Waals surface area contributed by atoms with Crippen LogP contribution in [0.25, 0.3) is 21.0 Å². The van der Waals surface area contributed by atoms with E-state index in [1.807, 2.05) is 24.3 Å². The average Bonchev–Trinajstić information content (AvgIpc) is 2.91. The van der Waals surface area contributed by atoms with Crippen LogP contribution in [-0.4, -0.2) is 15.0 Å². The number of para-hydroxylation sites is 1. The molecule has 23 heavy (non-hydrogen) atoms. The molecule has 0 amide bonds. The van der Waals surface area contributed by atoms with Gasteiger partial charge in [0.05, 0.1) is 21.0 Å². The molecule has 6 nitrogen and oxygen atoms in total. The summed E-state index contributed by atoms with van der Waals surface area (Å²) in [6, 6.07) is 14.3. The van der Waals surface area contributed by atoms with E-state index in [-0.39, 0.29) is 16.9 Å². The summed E-state index contributed by atoms with van der Waals surface area (Å²) in [6.45, 7) is 0. The zero-order valence-corrected chi connectivity index (χ0v) is 12.6. The highest BCUT2D eigenvalue weighted by molar-refractivity contribution is 7.22. The molecular weight excluding hydrogens is 312 g/mol. The largest absolute Gasteiger partial charge is 0.301 e. The number of benzene rings is 2. The van der Waals surface area contributed by atoms with Gasteiger partial charge in [0, 0.05) is 0 Å². The molecule has 0 saturated heterocycles. The first kappa shape index (κ1) is 13.6. The second-order valence-corrected chi connectivity index (χ2v) is 5.91. The number of nitrogens with one attached hydrogen (secondary N) is 2. The van der Waals surface area contributed by atoms with E-state index in [2.05, 4.69) is 20.3 Å². The van der Waals surface area contributed by atoms with Crippen LogP contribution in [0, 0.1) is 0 Å². The molecule has 2 aromatic carbocycles. The van der Waals surface area contributed by atoms with Crippen LogP contribution in [-0.2, 0) is 0 Å². The molecule has 0 spiro atoms. The number of aromatic nitrogens is 3. The van der Waals surface area contributed by atoms with Gasteiger partial charge in [-0.05, 0) is 24.3 Å². The van der Waals surface area contributed by atoms with Gasteiger partial charge < -0.3 is 5.32 Å². The predicted molar refractivity (Wildman–Crippen MR) is 91.5 cm³/mol. The number of thiazole rings is 1. The Morgan fingerprint density at radius 3 is 2.48 bits per heavy atom. The van der Waals surface area contributed by atoms with Crippen LogP contribution in [0.5, 0.6) is 0 Å². The van der Waals surface area contributed by atoms with Crippen molar-refractivity contribution in [2.75, 3.05) is 5.32 Å². The van der Waals surface area contributed by atoms with Crippen LogP contribution in [0.3, 0.4) is 0 Å². The smallest absolute Gasteiger partial charge is 0.281 e. The molecule has 0 radical (unpaired) electrons. The molecule has 0 aliphatic rings. The Labute approximate surface area is 133 Å². The van der Waals surface area contributed by atoms with Crippen LogP contribution in [0.4, 0.5) is 11.1 Å². The third-order valence-corrected chi connectivity index (χ3v) is 4.32. The first-order valence-corrected chi connectivity index (χ1v) is 7.68. The van der Waals surface area contributed by atoms with Crippen LogP contribution < -0.4 is 16.4 Å². The second kappa shape index (κ2) is 5.29. The fourth-order valence-electron chi connectivity index (χ4n) is 2.32. The van der Waals surface area contributed by atoms with Gasteiger partial charge in [-0.15, -0.1) is 0 Å². The lowest BCUT2D eigenvalue weighted by molar-refractivity contribution is 1.16. The fourth-order valence-corrected chi connectivity index (χ4v) is 3.18. The lowest BCUT2D eigenvalue weighted by atomic mass is 10.2. The molecule has 0 bridgehead atoms. The average molecular weight is 322 g/mol. The van der Waals surface area contributed by atoms with Crippen LogP contribution >= 0.6 is 11.3 Å². The molecule has 2 aromatic heterocycles. The zero-order valence-electron chi connectivity index (χ0n) is 11.7. The number of H-pyrrole nitrogens is 1. The highest BCUT2D eigenvalue weighted by Gasteiger charge is 2.07. The number of fused-ring (bicyclic) bond motifs is 2. The predicted octanol–water partition coefficient (Wildman–Crippen LogP) is 2.64. The summed E-state index contributed by atoms with van der Waals surface area (Å²) >= 11 is 1.42. The SMILES string of the molecule is O=c1nc(Nc2nc3ccccc3s2)[nH]c(=O)c2ccccc12. The minimum Gasteiger partial charge on any atom is -0.301 e. The minimum absolute atomic E-state index is 0.0789. The van der Waals surface area contributed by atoms with E-state index in [4.69, 9.17) is 0 Å².